The predicted octanol–water partition coefficient (Wildman–Crippen LogP) is 7.67. The first-order valence-corrected chi connectivity index (χ1v) is 16.6. The number of hydrogen-bond donors (Lipinski definition) is 2. The Hall–Kier alpha value is -2.85. The van der Waals surface area contributed by atoms with Crippen LogP contribution in [0.5, 0.6) is 0 Å². The summed E-state index contributed by atoms with van der Waals surface area (Å²) >= 11 is 0. The van der Waals surface area contributed by atoms with E-state index in [1.54, 1.807) is 0 Å². The fraction of sp³-hybridized carbons (Fsp3) is 0.333. The van der Waals surface area contributed by atoms with E-state index in [4.69, 9.17) is 0 Å². The van der Waals surface area contributed by atoms with Gasteiger partial charge in [-0.15, -0.1) is 19.5 Å². The Kier molecular flexibility index (Phi) is 7.43. The summed E-state index contributed by atoms with van der Waals surface area (Å²) in [4.78, 5) is 0. The third kappa shape index (κ3) is 4.15. The van der Waals surface area contributed by atoms with Gasteiger partial charge in [0.15, 0.2) is 0 Å². The molecule has 6 rings (SSSR count). The number of likely N-dealkylation sites (N-methyl/N-ethyl adjacent to an activating group) is 2. The molecule has 41 heavy (non-hydrogen) atoms. The lowest BCUT2D eigenvalue weighted by Gasteiger charge is -2.36. The van der Waals surface area contributed by atoms with E-state index in [9.17, 15) is 0 Å². The smallest absolute Gasteiger partial charge is 0.130 e. The molecule has 0 amide bonds. The summed E-state index contributed by atoms with van der Waals surface area (Å²) in [6, 6.07) is 44.9. The standard InChI is InChI=1S/C36H44N4P/c1-27(2)33-35(29-19-11-7-12-20-29,30-21-13-8-14-22-30)37-41(39(33)5)38-36(31-23-15-9-16-24-31,32-25-17-10-18-26-32)34(28(3)4)40(41)6/h7-28,33-34,37-38H,1-6H3/q+1/t33-,34-,41?/m0/s1. The molecule has 2 saturated heterocycles. The van der Waals surface area contributed by atoms with Gasteiger partial charge in [0.1, 0.15) is 11.1 Å². The summed E-state index contributed by atoms with van der Waals surface area (Å²) < 4.78 is 5.39. The lowest BCUT2D eigenvalue weighted by molar-refractivity contribution is 0.219. The molecule has 0 unspecified atom stereocenters. The summed E-state index contributed by atoms with van der Waals surface area (Å²) in [6.45, 7) is 9.51. The molecule has 212 valence electrons. The van der Waals surface area contributed by atoms with Gasteiger partial charge in [0.05, 0.1) is 12.1 Å². The number of benzene rings is 4. The van der Waals surface area contributed by atoms with Crippen LogP contribution >= 0.6 is 7.87 Å². The van der Waals surface area contributed by atoms with Crippen molar-refractivity contribution in [2.75, 3.05) is 14.1 Å². The van der Waals surface area contributed by atoms with Gasteiger partial charge in [-0.25, -0.2) is 0 Å². The van der Waals surface area contributed by atoms with Crippen LogP contribution < -0.4 is 10.2 Å². The van der Waals surface area contributed by atoms with Crippen LogP contribution in [0.25, 0.3) is 0 Å². The third-order valence-corrected chi connectivity index (χ3v) is 13.1. The molecular weight excluding hydrogens is 519 g/mol. The quantitative estimate of drug-likeness (QED) is 0.236. The zero-order valence-corrected chi connectivity index (χ0v) is 26.1. The molecule has 2 aliphatic rings. The van der Waals surface area contributed by atoms with Gasteiger partial charge in [-0.1, -0.05) is 149 Å². The first-order valence-electron chi connectivity index (χ1n) is 15.0. The van der Waals surface area contributed by atoms with Gasteiger partial charge in [0.25, 0.3) is 0 Å². The molecule has 0 aromatic heterocycles. The highest BCUT2D eigenvalue weighted by atomic mass is 31.2. The maximum absolute atomic E-state index is 4.47. The molecule has 1 spiro atoms. The number of nitrogens with one attached hydrogen (secondary N) is 2. The van der Waals surface area contributed by atoms with Gasteiger partial charge in [-0.3, -0.25) is 0 Å². The Morgan fingerprint density at radius 1 is 0.488 bits per heavy atom. The van der Waals surface area contributed by atoms with Crippen LogP contribution in [0.3, 0.4) is 0 Å². The Bertz CT molecular complexity index is 1250. The summed E-state index contributed by atoms with van der Waals surface area (Å²) in [5, 5.41) is 8.95. The van der Waals surface area contributed by atoms with Crippen LogP contribution in [-0.4, -0.2) is 35.5 Å². The van der Waals surface area contributed by atoms with Crippen molar-refractivity contribution in [3.8, 4) is 0 Å². The lowest BCUT2D eigenvalue weighted by atomic mass is 9.74. The molecular formula is C36H44N4P+. The molecule has 0 bridgehead atoms. The van der Waals surface area contributed by atoms with Crippen molar-refractivity contribution in [2.45, 2.75) is 50.9 Å². The van der Waals surface area contributed by atoms with E-state index in [1.165, 1.54) is 22.3 Å². The van der Waals surface area contributed by atoms with Gasteiger partial charge in [-0.2, -0.15) is 0 Å². The first-order chi connectivity index (χ1) is 19.8. The summed E-state index contributed by atoms with van der Waals surface area (Å²) in [6.07, 6.45) is 0. The monoisotopic (exact) mass is 563 g/mol. The van der Waals surface area contributed by atoms with Gasteiger partial charge in [-0.05, 0) is 34.1 Å². The molecule has 5 heteroatoms. The highest BCUT2D eigenvalue weighted by Crippen LogP contribution is 2.75. The predicted molar refractivity (Wildman–Crippen MR) is 173 cm³/mol. The fourth-order valence-electron chi connectivity index (χ4n) is 8.05. The third-order valence-electron chi connectivity index (χ3n) is 9.45. The van der Waals surface area contributed by atoms with Crippen LogP contribution in [0, 0.1) is 11.8 Å². The minimum atomic E-state index is -2.34. The van der Waals surface area contributed by atoms with Crippen LogP contribution in [0.2, 0.25) is 0 Å². The Labute approximate surface area is 247 Å². The maximum atomic E-state index is 4.47. The van der Waals surface area contributed by atoms with Crippen LogP contribution in [0.15, 0.2) is 121 Å². The Balaban J connectivity index is 1.64. The Morgan fingerprint density at radius 3 is 0.951 bits per heavy atom. The van der Waals surface area contributed by atoms with Gasteiger partial charge in [0, 0.05) is 14.1 Å². The van der Waals surface area contributed by atoms with Gasteiger partial charge in [0.2, 0.25) is 0 Å². The summed E-state index contributed by atoms with van der Waals surface area (Å²) in [5.74, 6) is 0.784. The van der Waals surface area contributed by atoms with E-state index < -0.39 is 18.9 Å². The second-order valence-electron chi connectivity index (χ2n) is 12.4. The number of hydrogen-bond acceptors (Lipinski definition) is 4. The highest BCUT2D eigenvalue weighted by Gasteiger charge is 2.77. The van der Waals surface area contributed by atoms with Crippen molar-refractivity contribution in [1.29, 1.82) is 0 Å². The molecule has 2 aliphatic heterocycles. The van der Waals surface area contributed by atoms with Crippen molar-refractivity contribution in [1.82, 2.24) is 19.5 Å². The molecule has 4 aromatic carbocycles. The second-order valence-corrected chi connectivity index (χ2v) is 15.3. The SMILES string of the molecule is CC(C)[C@@H]1N(C)[P+]2(NC1(c1ccccc1)c1ccccc1)NC(c1ccccc1)(c1ccccc1)[C@H](C(C)C)N2C. The van der Waals surface area contributed by atoms with Crippen LogP contribution in [0.4, 0.5) is 0 Å². The van der Waals surface area contributed by atoms with Gasteiger partial charge < -0.3 is 0 Å². The van der Waals surface area contributed by atoms with Crippen molar-refractivity contribution in [3.05, 3.63) is 144 Å². The fourth-order valence-corrected chi connectivity index (χ4v) is 12.5. The topological polar surface area (TPSA) is 30.5 Å². The Morgan fingerprint density at radius 2 is 0.732 bits per heavy atom. The highest BCUT2D eigenvalue weighted by molar-refractivity contribution is 7.68. The molecule has 0 aliphatic carbocycles. The van der Waals surface area contributed by atoms with E-state index in [0.29, 0.717) is 11.8 Å². The first kappa shape index (κ1) is 28.3. The van der Waals surface area contributed by atoms with Crippen molar-refractivity contribution in [2.24, 2.45) is 11.8 Å². The van der Waals surface area contributed by atoms with Crippen molar-refractivity contribution in [3.63, 3.8) is 0 Å². The molecule has 2 fully saturated rings. The largest absolute Gasteiger partial charge is 0.306 e. The number of rotatable bonds is 6. The molecule has 4 aromatic rings. The van der Waals surface area contributed by atoms with Crippen molar-refractivity contribution >= 4 is 7.87 Å². The minimum absolute atomic E-state index is 0.214. The van der Waals surface area contributed by atoms with Crippen molar-refractivity contribution < 1.29 is 0 Å². The minimum Gasteiger partial charge on any atom is -0.130 e. The average Bonchev–Trinajstić information content (AvgIpc) is 3.44. The van der Waals surface area contributed by atoms with Crippen LogP contribution in [0.1, 0.15) is 49.9 Å². The lowest BCUT2D eigenvalue weighted by Crippen LogP contribution is -2.50. The molecule has 4 nitrogen and oxygen atoms in total. The molecule has 2 heterocycles. The van der Waals surface area contributed by atoms with Gasteiger partial charge >= 0.3 is 7.87 Å². The molecule has 2 atom stereocenters. The second kappa shape index (κ2) is 10.8. The van der Waals surface area contributed by atoms with E-state index in [2.05, 4.69) is 183 Å². The zero-order valence-electron chi connectivity index (χ0n) is 25.2. The number of nitrogens with zero attached hydrogens (tertiary/aromatic N) is 2. The van der Waals surface area contributed by atoms with Crippen LogP contribution in [-0.2, 0) is 11.1 Å². The normalized spacial score (nSPS) is 23.5. The summed E-state index contributed by atoms with van der Waals surface area (Å²) in [7, 11) is 2.37. The van der Waals surface area contributed by atoms with E-state index in [-0.39, 0.29) is 12.1 Å². The summed E-state index contributed by atoms with van der Waals surface area (Å²) in [5.41, 5.74) is 4.43. The molecule has 0 radical (unpaired) electrons. The maximum Gasteiger partial charge on any atom is 0.306 e. The van der Waals surface area contributed by atoms with E-state index in [1.807, 2.05) is 0 Å². The zero-order chi connectivity index (χ0) is 28.8. The average molecular weight is 564 g/mol. The van der Waals surface area contributed by atoms with E-state index >= 15 is 0 Å². The van der Waals surface area contributed by atoms with E-state index in [0.717, 1.165) is 0 Å². The molecule has 0 saturated carbocycles. The molecule has 2 N–H and O–H groups in total.